The maximum atomic E-state index is 11.4. The monoisotopic (exact) mass is 218 g/mol. The number of nitrogens with one attached hydrogen (secondary N) is 1. The van der Waals surface area contributed by atoms with Gasteiger partial charge in [-0.25, -0.2) is 0 Å². The second-order valence-corrected chi connectivity index (χ2v) is 3.58. The van der Waals surface area contributed by atoms with Crippen molar-refractivity contribution < 1.29 is 4.79 Å². The van der Waals surface area contributed by atoms with Crippen LogP contribution in [-0.2, 0) is 17.9 Å². The van der Waals surface area contributed by atoms with Crippen LogP contribution in [0.2, 0.25) is 0 Å². The van der Waals surface area contributed by atoms with E-state index in [-0.39, 0.29) is 5.91 Å². The summed E-state index contributed by atoms with van der Waals surface area (Å²) in [5, 5.41) is 2.87. The fourth-order valence-electron chi connectivity index (χ4n) is 1.44. The Kier molecular flexibility index (Phi) is 5.29. The van der Waals surface area contributed by atoms with E-state index in [0.717, 1.165) is 11.1 Å². The highest BCUT2D eigenvalue weighted by atomic mass is 16.1. The second-order valence-electron chi connectivity index (χ2n) is 3.58. The van der Waals surface area contributed by atoms with Crippen LogP contribution in [0, 0.1) is 0 Å². The van der Waals surface area contributed by atoms with E-state index >= 15 is 0 Å². The van der Waals surface area contributed by atoms with Crippen molar-refractivity contribution in [3.05, 3.63) is 48.0 Å². The summed E-state index contributed by atoms with van der Waals surface area (Å²) in [4.78, 5) is 11.4. The van der Waals surface area contributed by atoms with Crippen LogP contribution < -0.4 is 11.1 Å². The Morgan fingerprint density at radius 2 is 2.06 bits per heavy atom. The standard InChI is InChI=1S/C13H18N2O/c1-2-3-8-13(16)15-10-12-7-5-4-6-11(12)9-14/h2,4-7H,1,3,8-10,14H2,(H,15,16). The van der Waals surface area contributed by atoms with Crippen LogP contribution in [0.25, 0.3) is 0 Å². The molecule has 0 bridgehead atoms. The van der Waals surface area contributed by atoms with Gasteiger partial charge in [0.15, 0.2) is 0 Å². The van der Waals surface area contributed by atoms with Gasteiger partial charge in [0, 0.05) is 19.5 Å². The molecule has 0 fully saturated rings. The highest BCUT2D eigenvalue weighted by Crippen LogP contribution is 2.07. The Morgan fingerprint density at radius 1 is 1.38 bits per heavy atom. The fraction of sp³-hybridized carbons (Fsp3) is 0.308. The molecule has 1 aromatic carbocycles. The molecular weight excluding hydrogens is 200 g/mol. The van der Waals surface area contributed by atoms with E-state index in [4.69, 9.17) is 5.73 Å². The van der Waals surface area contributed by atoms with E-state index in [1.807, 2.05) is 24.3 Å². The van der Waals surface area contributed by atoms with Crippen molar-refractivity contribution in [2.45, 2.75) is 25.9 Å². The molecule has 0 radical (unpaired) electrons. The number of rotatable bonds is 6. The van der Waals surface area contributed by atoms with Gasteiger partial charge in [-0.1, -0.05) is 30.3 Å². The Balaban J connectivity index is 2.47. The zero-order valence-electron chi connectivity index (χ0n) is 9.41. The van der Waals surface area contributed by atoms with Crippen molar-refractivity contribution >= 4 is 5.91 Å². The predicted molar refractivity (Wildman–Crippen MR) is 65.6 cm³/mol. The molecule has 1 aromatic rings. The first-order chi connectivity index (χ1) is 7.77. The van der Waals surface area contributed by atoms with E-state index in [2.05, 4.69) is 11.9 Å². The topological polar surface area (TPSA) is 55.1 Å². The number of carbonyl (C=O) groups is 1. The largest absolute Gasteiger partial charge is 0.352 e. The molecule has 1 rings (SSSR count). The maximum Gasteiger partial charge on any atom is 0.220 e. The van der Waals surface area contributed by atoms with E-state index in [1.165, 1.54) is 0 Å². The highest BCUT2D eigenvalue weighted by molar-refractivity contribution is 5.76. The summed E-state index contributed by atoms with van der Waals surface area (Å²) >= 11 is 0. The van der Waals surface area contributed by atoms with Crippen molar-refractivity contribution in [1.82, 2.24) is 5.32 Å². The lowest BCUT2D eigenvalue weighted by molar-refractivity contribution is -0.121. The molecule has 86 valence electrons. The van der Waals surface area contributed by atoms with E-state index < -0.39 is 0 Å². The lowest BCUT2D eigenvalue weighted by Crippen LogP contribution is -2.23. The van der Waals surface area contributed by atoms with Gasteiger partial charge in [0.05, 0.1) is 0 Å². The molecule has 0 aromatic heterocycles. The van der Waals surface area contributed by atoms with Gasteiger partial charge in [-0.15, -0.1) is 6.58 Å². The SMILES string of the molecule is C=CCCC(=O)NCc1ccccc1CN. The van der Waals surface area contributed by atoms with Gasteiger partial charge in [0.25, 0.3) is 0 Å². The molecule has 0 aliphatic carbocycles. The summed E-state index contributed by atoms with van der Waals surface area (Å²) in [7, 11) is 0. The first-order valence-electron chi connectivity index (χ1n) is 5.42. The van der Waals surface area contributed by atoms with Gasteiger partial charge in [-0.05, 0) is 17.5 Å². The fourth-order valence-corrected chi connectivity index (χ4v) is 1.44. The molecule has 3 nitrogen and oxygen atoms in total. The third-order valence-corrected chi connectivity index (χ3v) is 2.39. The second kappa shape index (κ2) is 6.80. The summed E-state index contributed by atoms with van der Waals surface area (Å²) < 4.78 is 0. The van der Waals surface area contributed by atoms with E-state index in [1.54, 1.807) is 6.08 Å². The molecular formula is C13H18N2O. The molecule has 0 aliphatic rings. The summed E-state index contributed by atoms with van der Waals surface area (Å²) in [6.07, 6.45) is 2.95. The van der Waals surface area contributed by atoms with Gasteiger partial charge < -0.3 is 11.1 Å². The van der Waals surface area contributed by atoms with Crippen molar-refractivity contribution in [3.63, 3.8) is 0 Å². The summed E-state index contributed by atoms with van der Waals surface area (Å²) in [5.41, 5.74) is 7.77. The van der Waals surface area contributed by atoms with Crippen LogP contribution in [0.15, 0.2) is 36.9 Å². The lowest BCUT2D eigenvalue weighted by Gasteiger charge is -2.08. The zero-order chi connectivity index (χ0) is 11.8. The van der Waals surface area contributed by atoms with Gasteiger partial charge in [-0.2, -0.15) is 0 Å². The third kappa shape index (κ3) is 3.87. The molecule has 3 N–H and O–H groups in total. The summed E-state index contributed by atoms with van der Waals surface area (Å²) in [5.74, 6) is 0.0479. The van der Waals surface area contributed by atoms with Gasteiger partial charge in [0.1, 0.15) is 0 Å². The van der Waals surface area contributed by atoms with Crippen LogP contribution >= 0.6 is 0 Å². The minimum absolute atomic E-state index is 0.0479. The summed E-state index contributed by atoms with van der Waals surface area (Å²) in [6, 6.07) is 7.86. The number of hydrogen-bond donors (Lipinski definition) is 2. The predicted octanol–water partition coefficient (Wildman–Crippen LogP) is 1.73. The van der Waals surface area contributed by atoms with E-state index in [9.17, 15) is 4.79 Å². The molecule has 0 saturated heterocycles. The minimum Gasteiger partial charge on any atom is -0.352 e. The Labute approximate surface area is 96.3 Å². The first kappa shape index (κ1) is 12.5. The number of nitrogens with two attached hydrogens (primary N) is 1. The third-order valence-electron chi connectivity index (χ3n) is 2.39. The van der Waals surface area contributed by atoms with Gasteiger partial charge in [0.2, 0.25) is 5.91 Å². The Bertz CT molecular complexity index is 361. The number of carbonyl (C=O) groups excluding carboxylic acids is 1. The average molecular weight is 218 g/mol. The maximum absolute atomic E-state index is 11.4. The van der Waals surface area contributed by atoms with Gasteiger partial charge >= 0.3 is 0 Å². The lowest BCUT2D eigenvalue weighted by atomic mass is 10.1. The van der Waals surface area contributed by atoms with Crippen molar-refractivity contribution in [2.75, 3.05) is 0 Å². The van der Waals surface area contributed by atoms with Crippen LogP contribution in [0.4, 0.5) is 0 Å². The van der Waals surface area contributed by atoms with Crippen LogP contribution in [0.3, 0.4) is 0 Å². The Morgan fingerprint density at radius 3 is 2.69 bits per heavy atom. The first-order valence-corrected chi connectivity index (χ1v) is 5.42. The van der Waals surface area contributed by atoms with Crippen LogP contribution in [0.1, 0.15) is 24.0 Å². The Hall–Kier alpha value is -1.61. The normalized spacial score (nSPS) is 9.81. The van der Waals surface area contributed by atoms with E-state index in [0.29, 0.717) is 25.9 Å². The van der Waals surface area contributed by atoms with Crippen molar-refractivity contribution in [1.29, 1.82) is 0 Å². The molecule has 0 spiro atoms. The zero-order valence-corrected chi connectivity index (χ0v) is 9.41. The molecule has 16 heavy (non-hydrogen) atoms. The molecule has 1 amide bonds. The molecule has 0 atom stereocenters. The van der Waals surface area contributed by atoms with Crippen molar-refractivity contribution in [3.8, 4) is 0 Å². The molecule has 0 aliphatic heterocycles. The van der Waals surface area contributed by atoms with Crippen LogP contribution in [-0.4, -0.2) is 5.91 Å². The quantitative estimate of drug-likeness (QED) is 0.714. The molecule has 3 heteroatoms. The smallest absolute Gasteiger partial charge is 0.220 e. The molecule has 0 saturated carbocycles. The number of allylic oxidation sites excluding steroid dienone is 1. The number of benzene rings is 1. The van der Waals surface area contributed by atoms with Crippen LogP contribution in [0.5, 0.6) is 0 Å². The van der Waals surface area contributed by atoms with Crippen molar-refractivity contribution in [2.24, 2.45) is 5.73 Å². The van der Waals surface area contributed by atoms with Gasteiger partial charge in [-0.3, -0.25) is 4.79 Å². The molecule has 0 unspecified atom stereocenters. The number of amides is 1. The average Bonchev–Trinajstić information content (AvgIpc) is 2.34. The number of hydrogen-bond acceptors (Lipinski definition) is 2. The minimum atomic E-state index is 0.0479. The summed E-state index contributed by atoms with van der Waals surface area (Å²) in [6.45, 7) is 4.63. The highest BCUT2D eigenvalue weighted by Gasteiger charge is 2.02. The molecule has 0 heterocycles.